The number of hydrogen-bond donors (Lipinski definition) is 5. The van der Waals surface area contributed by atoms with Crippen LogP contribution in [0.3, 0.4) is 0 Å². The number of thioether (sulfide) groups is 1. The monoisotopic (exact) mass is 525 g/mol. The number of rotatable bonds is 0. The average molecular weight is 526 g/mol. The zero-order chi connectivity index (χ0) is 25.7. The molecule has 0 aromatic rings. The van der Waals surface area contributed by atoms with Gasteiger partial charge in [-0.15, -0.1) is 0 Å². The highest BCUT2D eigenvalue weighted by Crippen LogP contribution is 2.07. The first-order valence-corrected chi connectivity index (χ1v) is 11.6. The Morgan fingerprint density at radius 2 is 0.943 bits per heavy atom. The molecule has 212 valence electrons. The Bertz CT molecular complexity index is 482. The summed E-state index contributed by atoms with van der Waals surface area (Å²) in [6.45, 7) is 21.4. The van der Waals surface area contributed by atoms with Crippen LogP contribution in [0.5, 0.6) is 0 Å². The van der Waals surface area contributed by atoms with Gasteiger partial charge in [0, 0.05) is 24.9 Å². The molecule has 35 heavy (non-hydrogen) atoms. The summed E-state index contributed by atoms with van der Waals surface area (Å²) in [6.07, 6.45) is 0. The summed E-state index contributed by atoms with van der Waals surface area (Å²) >= 11 is 0.731. The van der Waals surface area contributed by atoms with Crippen LogP contribution < -0.4 is 26.6 Å². The quantitative estimate of drug-likeness (QED) is 0.282. The van der Waals surface area contributed by atoms with Crippen molar-refractivity contribution in [2.24, 2.45) is 17.8 Å². The molecule has 10 nitrogen and oxygen atoms in total. The number of carbonyl (C=O) groups excluding carboxylic acids is 5. The van der Waals surface area contributed by atoms with Gasteiger partial charge in [-0.2, -0.15) is 0 Å². The van der Waals surface area contributed by atoms with Gasteiger partial charge < -0.3 is 21.3 Å². The molecule has 3 rings (SSSR count). The third-order valence-electron chi connectivity index (χ3n) is 1.94. The summed E-state index contributed by atoms with van der Waals surface area (Å²) in [4.78, 5) is 50.3. The van der Waals surface area contributed by atoms with Crippen LogP contribution in [0.15, 0.2) is 0 Å². The number of hydrogen-bond acceptors (Lipinski definition) is 6. The molecule has 0 radical (unpaired) electrons. The molecular formula is C24H55N5O5S. The fourth-order valence-corrected chi connectivity index (χ4v) is 1.61. The van der Waals surface area contributed by atoms with Crippen molar-refractivity contribution in [3.8, 4) is 0 Å². The van der Waals surface area contributed by atoms with Crippen LogP contribution in [0.2, 0.25) is 0 Å². The Morgan fingerprint density at radius 1 is 0.571 bits per heavy atom. The van der Waals surface area contributed by atoms with Crippen molar-refractivity contribution in [1.82, 2.24) is 26.6 Å². The molecule has 0 saturated carbocycles. The van der Waals surface area contributed by atoms with E-state index in [-0.39, 0.29) is 57.7 Å². The van der Waals surface area contributed by atoms with Crippen molar-refractivity contribution >= 4 is 40.1 Å². The Hall–Kier alpha value is -2.30. The molecule has 3 fully saturated rings. The molecule has 0 atom stereocenters. The molecular weight excluding hydrogens is 470 g/mol. The Kier molecular flexibility index (Phi) is 39.2. The van der Waals surface area contributed by atoms with E-state index in [4.69, 9.17) is 0 Å². The van der Waals surface area contributed by atoms with Crippen LogP contribution in [0, 0.1) is 17.8 Å². The average Bonchev–Trinajstić information content (AvgIpc) is 3.32. The standard InChI is InChI=1S/3C4H10.C3H4N2O2.C3H6N2O.C3H3NO2S.3CH4/c3*1-4(2)3;6-2-1-4-3(7)5-2;6-3-4-1-2-5-3;5-2-1-4-3(6)7-2;;;/h3*4H,1-3H3;1H2,(H2,4,5,6,7);1-2H2,(H2,4,5,6);1H2,(H,4,6);3*1H4. The smallest absolute Gasteiger partial charge is 0.321 e. The van der Waals surface area contributed by atoms with E-state index in [2.05, 4.69) is 83.6 Å². The highest BCUT2D eigenvalue weighted by Gasteiger charge is 2.17. The lowest BCUT2D eigenvalue weighted by atomic mass is 10.3. The van der Waals surface area contributed by atoms with Gasteiger partial charge in [-0.3, -0.25) is 19.7 Å². The molecule has 0 spiro atoms. The normalized spacial score (nSPS) is 14.2. The Labute approximate surface area is 219 Å². The van der Waals surface area contributed by atoms with Gasteiger partial charge in [0.15, 0.2) is 0 Å². The Morgan fingerprint density at radius 3 is 1.03 bits per heavy atom. The van der Waals surface area contributed by atoms with E-state index in [1.165, 1.54) is 0 Å². The van der Waals surface area contributed by atoms with Gasteiger partial charge in [0.05, 0.1) is 13.1 Å². The largest absolute Gasteiger partial charge is 0.339 e. The van der Waals surface area contributed by atoms with E-state index in [1.54, 1.807) is 0 Å². The molecule has 0 aliphatic carbocycles. The van der Waals surface area contributed by atoms with E-state index in [1.807, 2.05) is 5.32 Å². The van der Waals surface area contributed by atoms with Gasteiger partial charge in [-0.25, -0.2) is 9.59 Å². The van der Waals surface area contributed by atoms with Crippen LogP contribution in [-0.2, 0) is 9.59 Å². The first kappa shape index (κ1) is 46.1. The van der Waals surface area contributed by atoms with Crippen molar-refractivity contribution in [3.63, 3.8) is 0 Å². The molecule has 3 aliphatic heterocycles. The van der Waals surface area contributed by atoms with Gasteiger partial charge in [-0.05, 0) is 17.8 Å². The second-order valence-corrected chi connectivity index (χ2v) is 9.76. The van der Waals surface area contributed by atoms with Crippen molar-refractivity contribution < 1.29 is 24.0 Å². The van der Waals surface area contributed by atoms with Crippen LogP contribution in [-0.4, -0.2) is 54.5 Å². The molecule has 3 aliphatic rings. The van der Waals surface area contributed by atoms with E-state index < -0.39 is 6.03 Å². The molecule has 3 saturated heterocycles. The van der Waals surface area contributed by atoms with Gasteiger partial charge in [0.25, 0.3) is 5.24 Å². The minimum atomic E-state index is -0.398. The molecule has 0 bridgehead atoms. The molecule has 6 amide bonds. The lowest BCUT2D eigenvalue weighted by molar-refractivity contribution is -0.117. The maximum absolute atomic E-state index is 10.1. The molecule has 0 unspecified atom stereocenters. The molecule has 3 heterocycles. The molecule has 0 aromatic heterocycles. The summed E-state index contributed by atoms with van der Waals surface area (Å²) in [6, 6.07) is -0.444. The van der Waals surface area contributed by atoms with E-state index in [9.17, 15) is 24.0 Å². The van der Waals surface area contributed by atoms with Crippen molar-refractivity contribution in [1.29, 1.82) is 0 Å². The molecule has 5 N–H and O–H groups in total. The second kappa shape index (κ2) is 29.7. The highest BCUT2D eigenvalue weighted by atomic mass is 32.2. The maximum Gasteiger partial charge on any atom is 0.321 e. The van der Waals surface area contributed by atoms with Gasteiger partial charge >= 0.3 is 12.1 Å². The van der Waals surface area contributed by atoms with Crippen LogP contribution in [0.4, 0.5) is 14.4 Å². The lowest BCUT2D eigenvalue weighted by Crippen LogP contribution is -2.22. The fourth-order valence-electron chi connectivity index (χ4n) is 1.11. The van der Waals surface area contributed by atoms with Gasteiger partial charge in [-0.1, -0.05) is 84.6 Å². The number of carbonyl (C=O) groups is 5. The van der Waals surface area contributed by atoms with E-state index in [0.717, 1.165) is 42.6 Å². The lowest BCUT2D eigenvalue weighted by Gasteiger charge is -1.80. The number of nitrogens with one attached hydrogen (secondary N) is 5. The number of urea groups is 2. The third kappa shape index (κ3) is 54.3. The zero-order valence-corrected chi connectivity index (χ0v) is 21.8. The first-order valence-electron chi connectivity index (χ1n) is 10.7. The molecule has 0 aromatic carbocycles. The predicted octanol–water partition coefficient (Wildman–Crippen LogP) is 4.99. The highest BCUT2D eigenvalue weighted by molar-refractivity contribution is 8.26. The summed E-state index contributed by atoms with van der Waals surface area (Å²) < 4.78 is 0. The minimum Gasteiger partial charge on any atom is -0.339 e. The van der Waals surface area contributed by atoms with Crippen LogP contribution in [0.1, 0.15) is 84.6 Å². The summed E-state index contributed by atoms with van der Waals surface area (Å²) in [5.41, 5.74) is 0. The summed E-state index contributed by atoms with van der Waals surface area (Å²) in [5.74, 6) is 2.24. The number of amides is 6. The maximum atomic E-state index is 10.1. The van der Waals surface area contributed by atoms with Crippen LogP contribution >= 0.6 is 11.8 Å². The summed E-state index contributed by atoms with van der Waals surface area (Å²) in [7, 11) is 0. The molecule has 11 heteroatoms. The summed E-state index contributed by atoms with van der Waals surface area (Å²) in [5, 5.41) is 11.5. The third-order valence-corrected chi connectivity index (χ3v) is 2.64. The Balaban J connectivity index is -0.0000000723. The SMILES string of the molecule is C.C.C.CC(C)C.CC(C)C.CC(C)C.O=C1CNC(=O)N1.O=C1CNC(=O)S1.O=C1NCCN1. The number of imide groups is 1. The van der Waals surface area contributed by atoms with Crippen LogP contribution in [0.25, 0.3) is 0 Å². The second-order valence-electron chi connectivity index (χ2n) is 8.72. The predicted molar refractivity (Wildman–Crippen MR) is 151 cm³/mol. The first-order chi connectivity index (χ1) is 14.7. The van der Waals surface area contributed by atoms with Gasteiger partial charge in [0.1, 0.15) is 0 Å². The minimum absolute atomic E-state index is 0. The zero-order valence-electron chi connectivity index (χ0n) is 21.0. The van der Waals surface area contributed by atoms with Crippen molar-refractivity contribution in [2.75, 3.05) is 26.2 Å². The fraction of sp³-hybridized carbons (Fsp3) is 0.792. The van der Waals surface area contributed by atoms with Crippen molar-refractivity contribution in [2.45, 2.75) is 84.6 Å². The van der Waals surface area contributed by atoms with E-state index >= 15 is 0 Å². The van der Waals surface area contributed by atoms with Gasteiger partial charge in [0.2, 0.25) is 11.0 Å². The van der Waals surface area contributed by atoms with Crippen molar-refractivity contribution in [3.05, 3.63) is 0 Å². The topological polar surface area (TPSA) is 146 Å². The van der Waals surface area contributed by atoms with E-state index in [0.29, 0.717) is 0 Å².